The highest BCUT2D eigenvalue weighted by atomic mass is 19.1. The van der Waals surface area contributed by atoms with E-state index >= 15 is 9.18 Å². The average Bonchev–Trinajstić information content (AvgIpc) is 3.88. The number of aromatic nitrogens is 3. The lowest BCUT2D eigenvalue weighted by Crippen LogP contribution is -2.69. The van der Waals surface area contributed by atoms with Crippen LogP contribution in [0.1, 0.15) is 43.9 Å². The number of methoxy groups -OCH3 is 1. The molecule has 2 fully saturated rings. The fourth-order valence-electron chi connectivity index (χ4n) is 8.05. The van der Waals surface area contributed by atoms with Crippen LogP contribution < -0.4 is 14.5 Å². The number of aliphatic hydroxyl groups is 1. The Bertz CT molecular complexity index is 1880. The molecule has 51 heavy (non-hydrogen) atoms. The second-order valence-corrected chi connectivity index (χ2v) is 13.3. The molecule has 2 amide bonds. The third-order valence-electron chi connectivity index (χ3n) is 10.4. The van der Waals surface area contributed by atoms with E-state index in [9.17, 15) is 9.50 Å². The Morgan fingerprint density at radius 2 is 1.92 bits per heavy atom. The van der Waals surface area contributed by atoms with E-state index in [1.54, 1.807) is 18.7 Å². The molecule has 12 nitrogen and oxygen atoms in total. The summed E-state index contributed by atoms with van der Waals surface area (Å²) in [5.41, 5.74) is 0.367. The van der Waals surface area contributed by atoms with E-state index in [1.165, 1.54) is 29.8 Å². The normalized spacial score (nSPS) is 26.3. The summed E-state index contributed by atoms with van der Waals surface area (Å²) in [5, 5.41) is 25.4. The van der Waals surface area contributed by atoms with E-state index in [4.69, 9.17) is 14.6 Å². The van der Waals surface area contributed by atoms with Crippen molar-refractivity contribution in [2.75, 3.05) is 33.4 Å². The van der Waals surface area contributed by atoms with Crippen molar-refractivity contribution in [1.82, 2.24) is 34.5 Å². The van der Waals surface area contributed by atoms with E-state index < -0.39 is 35.4 Å². The largest absolute Gasteiger partial charge is 0.496 e. The summed E-state index contributed by atoms with van der Waals surface area (Å²) in [6.07, 6.45) is 2.61. The molecule has 1 aromatic heterocycles. The molecule has 0 spiro atoms. The summed E-state index contributed by atoms with van der Waals surface area (Å²) in [5.74, 6) is -0.302. The maximum atomic E-state index is 15.8. The molecule has 2 N–H and O–H groups in total. The van der Waals surface area contributed by atoms with Gasteiger partial charge >= 0.3 is 12.0 Å². The quantitative estimate of drug-likeness (QED) is 0.227. The van der Waals surface area contributed by atoms with Crippen molar-refractivity contribution in [3.8, 4) is 5.75 Å². The fourth-order valence-corrected chi connectivity index (χ4v) is 8.05. The van der Waals surface area contributed by atoms with Gasteiger partial charge in [0, 0.05) is 55.4 Å². The van der Waals surface area contributed by atoms with Crippen LogP contribution in [0.15, 0.2) is 90.6 Å². The molecule has 0 radical (unpaired) electrons. The van der Waals surface area contributed by atoms with Gasteiger partial charge < -0.3 is 19.9 Å². The van der Waals surface area contributed by atoms with Crippen LogP contribution in [0, 0.1) is 11.6 Å². The number of carbonyl (C=O) groups is 1. The number of para-hydroxylation sites is 2. The first kappa shape index (κ1) is 34.7. The average molecular weight is 702 g/mol. The highest BCUT2D eigenvalue weighted by Crippen LogP contribution is 2.48. The molecule has 4 aromatic rings. The highest BCUT2D eigenvalue weighted by molar-refractivity contribution is 6.13. The predicted octanol–water partition coefficient (Wildman–Crippen LogP) is 4.77. The van der Waals surface area contributed by atoms with Gasteiger partial charge in [-0.2, -0.15) is 10.1 Å². The van der Waals surface area contributed by atoms with E-state index in [0.29, 0.717) is 43.5 Å². The third kappa shape index (κ3) is 5.95. The van der Waals surface area contributed by atoms with Gasteiger partial charge in [-0.15, -0.1) is 4.48 Å². The molecule has 2 saturated heterocycles. The van der Waals surface area contributed by atoms with Gasteiger partial charge in [0.25, 0.3) is 0 Å². The molecule has 14 heteroatoms. The zero-order valence-corrected chi connectivity index (χ0v) is 28.9. The first-order chi connectivity index (χ1) is 24.7. The Hall–Kier alpha value is -4.76. The molecular weight excluding hydrogens is 658 g/mol. The fraction of sp³-hybridized carbons (Fsp3) is 0.405. The summed E-state index contributed by atoms with van der Waals surface area (Å²) < 4.78 is 43.8. The number of nitrogens with zero attached hydrogens (tertiary/aromatic N) is 7. The van der Waals surface area contributed by atoms with Gasteiger partial charge in [0.2, 0.25) is 0 Å². The maximum Gasteiger partial charge on any atom is 0.453 e. The van der Waals surface area contributed by atoms with Crippen LogP contribution in [-0.4, -0.2) is 93.3 Å². The van der Waals surface area contributed by atoms with Crippen molar-refractivity contribution >= 4 is 17.7 Å². The van der Waals surface area contributed by atoms with Gasteiger partial charge in [0.15, 0.2) is 0 Å². The molecule has 0 saturated carbocycles. The van der Waals surface area contributed by atoms with Crippen molar-refractivity contribution in [3.05, 3.63) is 108 Å². The number of halogens is 2. The summed E-state index contributed by atoms with van der Waals surface area (Å²) >= 11 is 0. The number of aliphatic hydroxyl groups excluding tert-OH is 1. The number of hydrogen-bond acceptors (Lipinski definition) is 9. The Labute approximate surface area is 295 Å². The lowest BCUT2D eigenvalue weighted by Gasteiger charge is -2.44. The van der Waals surface area contributed by atoms with Gasteiger partial charge in [0.05, 0.1) is 31.8 Å². The number of guanidine groups is 1. The molecule has 268 valence electrons. The smallest absolute Gasteiger partial charge is 0.453 e. The van der Waals surface area contributed by atoms with E-state index in [1.807, 2.05) is 61.5 Å². The number of nitrogens with one attached hydrogen (secondary N) is 1. The van der Waals surface area contributed by atoms with Gasteiger partial charge in [-0.05, 0) is 25.5 Å². The van der Waals surface area contributed by atoms with Crippen LogP contribution in [0.4, 0.5) is 19.3 Å². The number of piperazine rings is 1. The molecule has 7 rings (SSSR count). The molecule has 3 aromatic carbocycles. The SMILES string of the molecule is CCC([C@@H](C)O)N1N=C(N2CCNCC2c2ccccc2OC)[N+](c2ccccc2)(C2COC(Cn3cncn3)(c3ccc(F)cc3F)C2)C1=O. The van der Waals surface area contributed by atoms with Gasteiger partial charge in [-0.3, -0.25) is 4.90 Å². The number of hydrazone groups is 1. The zero-order chi connectivity index (χ0) is 35.8. The first-order valence-electron chi connectivity index (χ1n) is 17.3. The van der Waals surface area contributed by atoms with Crippen molar-refractivity contribution in [1.29, 1.82) is 0 Å². The lowest BCUT2D eigenvalue weighted by atomic mass is 9.87. The number of hydrogen-bond donors (Lipinski definition) is 2. The second kappa shape index (κ2) is 14.1. The zero-order valence-electron chi connectivity index (χ0n) is 28.9. The molecular formula is C37H43F2N8O4+. The number of urea groups is 1. The number of benzene rings is 3. The predicted molar refractivity (Wildman–Crippen MR) is 186 cm³/mol. The monoisotopic (exact) mass is 701 g/mol. The van der Waals surface area contributed by atoms with Crippen LogP contribution in [0.5, 0.6) is 5.75 Å². The van der Waals surface area contributed by atoms with Gasteiger partial charge in [-0.1, -0.05) is 54.5 Å². The van der Waals surface area contributed by atoms with Gasteiger partial charge in [0.1, 0.15) is 54.0 Å². The van der Waals surface area contributed by atoms with Crippen LogP contribution in [0.25, 0.3) is 0 Å². The second-order valence-electron chi connectivity index (χ2n) is 13.3. The number of ether oxygens (including phenoxy) is 2. The molecule has 4 heterocycles. The maximum absolute atomic E-state index is 15.8. The van der Waals surface area contributed by atoms with Crippen molar-refractivity contribution < 1.29 is 28.2 Å². The lowest BCUT2D eigenvalue weighted by molar-refractivity contribution is -0.0204. The standard InChI is InChI=1S/C37H43F2N8O4/c1-4-32(25(2)48)46-36(49)47(27-10-6-5-7-11-27,35(43-46)45-17-16-40-20-33(45)29-12-8-9-13-34(29)50-3)28-19-37(51-21-28,22-44-24-41-23-42-44)30-15-14-26(38)18-31(30)39/h5-15,18,23-25,28,32-33,40,48H,4,16-17,19-22H2,1-3H3/q+1/t25-,28?,32?,33?,37?,47?/m1/s1. The topological polar surface area (TPSA) is 117 Å². The molecule has 3 aliphatic rings. The molecule has 0 aliphatic carbocycles. The van der Waals surface area contributed by atoms with Crippen molar-refractivity contribution in [2.24, 2.45) is 5.10 Å². The number of rotatable bonds is 10. The van der Waals surface area contributed by atoms with Crippen molar-refractivity contribution in [3.63, 3.8) is 0 Å². The highest BCUT2D eigenvalue weighted by Gasteiger charge is 2.66. The molecule has 3 aliphatic heterocycles. The summed E-state index contributed by atoms with van der Waals surface area (Å²) in [6, 6.07) is 18.8. The summed E-state index contributed by atoms with van der Waals surface area (Å²) in [4.78, 5) is 21.8. The Balaban J connectivity index is 1.44. The van der Waals surface area contributed by atoms with Crippen LogP contribution in [-0.2, 0) is 16.9 Å². The Morgan fingerprint density at radius 1 is 1.14 bits per heavy atom. The minimum absolute atomic E-state index is 0.0237. The van der Waals surface area contributed by atoms with Crippen LogP contribution in [0.2, 0.25) is 0 Å². The summed E-state index contributed by atoms with van der Waals surface area (Å²) in [6.45, 7) is 5.34. The van der Waals surface area contributed by atoms with E-state index in [2.05, 4.69) is 20.3 Å². The van der Waals surface area contributed by atoms with Crippen LogP contribution >= 0.6 is 0 Å². The Morgan fingerprint density at radius 3 is 2.63 bits per heavy atom. The molecule has 0 bridgehead atoms. The summed E-state index contributed by atoms with van der Waals surface area (Å²) in [7, 11) is 1.63. The number of amides is 2. The first-order valence-corrected chi connectivity index (χ1v) is 17.3. The third-order valence-corrected chi connectivity index (χ3v) is 10.4. The minimum Gasteiger partial charge on any atom is -0.496 e. The Kier molecular flexibility index (Phi) is 9.59. The number of quaternary nitrogens is 1. The van der Waals surface area contributed by atoms with E-state index in [-0.39, 0.29) is 41.7 Å². The molecule has 5 unspecified atom stereocenters. The minimum atomic E-state index is -1.35. The molecule has 6 atom stereocenters. The van der Waals surface area contributed by atoms with Crippen molar-refractivity contribution in [2.45, 2.75) is 63.1 Å². The van der Waals surface area contributed by atoms with E-state index in [0.717, 1.165) is 11.6 Å². The van der Waals surface area contributed by atoms with Crippen LogP contribution in [0.3, 0.4) is 0 Å². The van der Waals surface area contributed by atoms with Gasteiger partial charge in [-0.25, -0.2) is 23.2 Å². The number of carbonyl (C=O) groups excluding carboxylic acids is 1.